The Labute approximate surface area is 123 Å². The highest BCUT2D eigenvalue weighted by atomic mass is 32.2. The summed E-state index contributed by atoms with van der Waals surface area (Å²) in [7, 11) is -3.87. The van der Waals surface area contributed by atoms with Crippen LogP contribution in [-0.2, 0) is 14.8 Å². The van der Waals surface area contributed by atoms with Gasteiger partial charge >= 0.3 is 5.97 Å². The van der Waals surface area contributed by atoms with Gasteiger partial charge in [-0.25, -0.2) is 8.42 Å². The van der Waals surface area contributed by atoms with E-state index in [4.69, 9.17) is 5.26 Å². The molecule has 0 amide bonds. The number of aryl methyl sites for hydroxylation is 1. The predicted molar refractivity (Wildman–Crippen MR) is 75.1 cm³/mol. The van der Waals surface area contributed by atoms with Crippen LogP contribution in [0.15, 0.2) is 23.1 Å². The molecule has 0 bridgehead atoms. The highest BCUT2D eigenvalue weighted by Crippen LogP contribution is 2.27. The van der Waals surface area contributed by atoms with Crippen LogP contribution in [0.2, 0.25) is 0 Å². The Hall–Kier alpha value is -1.91. The van der Waals surface area contributed by atoms with Gasteiger partial charge in [-0.05, 0) is 49.9 Å². The number of aliphatic carboxylic acids is 1. The summed E-state index contributed by atoms with van der Waals surface area (Å²) in [6, 6.07) is 5.23. The average molecular weight is 308 g/mol. The van der Waals surface area contributed by atoms with Crippen LogP contribution in [0, 0.1) is 18.3 Å². The molecular formula is C14H16N2O4S. The predicted octanol–water partition coefficient (Wildman–Crippen LogP) is 1.49. The van der Waals surface area contributed by atoms with Gasteiger partial charge in [0.1, 0.15) is 6.04 Å². The van der Waals surface area contributed by atoms with Gasteiger partial charge < -0.3 is 5.11 Å². The second kappa shape index (κ2) is 5.84. The van der Waals surface area contributed by atoms with Crippen LogP contribution < -0.4 is 0 Å². The Morgan fingerprint density at radius 1 is 1.43 bits per heavy atom. The lowest BCUT2D eigenvalue weighted by Crippen LogP contribution is -2.47. The van der Waals surface area contributed by atoms with Gasteiger partial charge in [0.05, 0.1) is 16.5 Å². The van der Waals surface area contributed by atoms with E-state index in [1.165, 1.54) is 18.2 Å². The number of benzene rings is 1. The SMILES string of the molecule is Cc1cc(C#N)ccc1S(=O)(=O)N1CCCC[C@@H]1C(=O)O. The highest BCUT2D eigenvalue weighted by Gasteiger charge is 2.38. The van der Waals surface area contributed by atoms with Gasteiger partial charge in [-0.2, -0.15) is 9.57 Å². The summed E-state index contributed by atoms with van der Waals surface area (Å²) in [4.78, 5) is 11.3. The quantitative estimate of drug-likeness (QED) is 0.912. The summed E-state index contributed by atoms with van der Waals surface area (Å²) in [6.07, 6.45) is 1.68. The molecule has 0 spiro atoms. The summed E-state index contributed by atoms with van der Waals surface area (Å²) >= 11 is 0. The molecule has 2 rings (SSSR count). The third-order valence-corrected chi connectivity index (χ3v) is 5.70. The number of carboxylic acids is 1. The monoisotopic (exact) mass is 308 g/mol. The van der Waals surface area contributed by atoms with Crippen molar-refractivity contribution in [2.45, 2.75) is 37.1 Å². The lowest BCUT2D eigenvalue weighted by atomic mass is 10.1. The number of hydrogen-bond acceptors (Lipinski definition) is 4. The molecule has 21 heavy (non-hydrogen) atoms. The normalized spacial score (nSPS) is 19.9. The van der Waals surface area contributed by atoms with Crippen molar-refractivity contribution in [2.24, 2.45) is 0 Å². The summed E-state index contributed by atoms with van der Waals surface area (Å²) in [6.45, 7) is 1.81. The lowest BCUT2D eigenvalue weighted by molar-refractivity contribution is -0.142. The molecule has 1 aromatic rings. The molecule has 1 heterocycles. The van der Waals surface area contributed by atoms with Gasteiger partial charge in [0.15, 0.2) is 0 Å². The number of sulfonamides is 1. The lowest BCUT2D eigenvalue weighted by Gasteiger charge is -2.32. The molecule has 6 nitrogen and oxygen atoms in total. The van der Waals surface area contributed by atoms with Crippen molar-refractivity contribution in [3.05, 3.63) is 29.3 Å². The Morgan fingerprint density at radius 2 is 2.14 bits per heavy atom. The third-order valence-electron chi connectivity index (χ3n) is 3.63. The number of rotatable bonds is 3. The minimum absolute atomic E-state index is 0.0645. The smallest absolute Gasteiger partial charge is 0.322 e. The van der Waals surface area contributed by atoms with Crippen LogP contribution >= 0.6 is 0 Å². The van der Waals surface area contributed by atoms with E-state index < -0.39 is 22.0 Å². The Kier molecular flexibility index (Phi) is 4.30. The second-order valence-corrected chi connectivity index (χ2v) is 6.92. The maximum absolute atomic E-state index is 12.7. The third kappa shape index (κ3) is 2.91. The van der Waals surface area contributed by atoms with Crippen LogP contribution in [0.25, 0.3) is 0 Å². The van der Waals surface area contributed by atoms with E-state index in [0.717, 1.165) is 4.31 Å². The molecule has 1 aliphatic heterocycles. The Morgan fingerprint density at radius 3 is 2.71 bits per heavy atom. The van der Waals surface area contributed by atoms with E-state index in [-0.39, 0.29) is 11.4 Å². The molecule has 0 aromatic heterocycles. The molecular weight excluding hydrogens is 292 g/mol. The molecule has 1 aliphatic rings. The van der Waals surface area contributed by atoms with Crippen molar-refractivity contribution in [3.63, 3.8) is 0 Å². The molecule has 0 saturated carbocycles. The molecule has 0 radical (unpaired) electrons. The fraction of sp³-hybridized carbons (Fsp3) is 0.429. The van der Waals surface area contributed by atoms with E-state index in [9.17, 15) is 18.3 Å². The maximum Gasteiger partial charge on any atom is 0.322 e. The summed E-state index contributed by atoms with van der Waals surface area (Å²) in [5.41, 5.74) is 0.823. The van der Waals surface area contributed by atoms with E-state index in [1.807, 2.05) is 6.07 Å². The molecule has 7 heteroatoms. The first-order valence-electron chi connectivity index (χ1n) is 6.63. The van der Waals surface area contributed by atoms with Crippen molar-refractivity contribution in [2.75, 3.05) is 6.54 Å². The molecule has 112 valence electrons. The summed E-state index contributed by atoms with van der Waals surface area (Å²) in [5, 5.41) is 18.1. The van der Waals surface area contributed by atoms with Crippen LogP contribution in [-0.4, -0.2) is 36.4 Å². The van der Waals surface area contributed by atoms with Crippen molar-refractivity contribution in [1.82, 2.24) is 4.31 Å². The average Bonchev–Trinajstić information content (AvgIpc) is 2.46. The fourth-order valence-electron chi connectivity index (χ4n) is 2.57. The largest absolute Gasteiger partial charge is 0.480 e. The topological polar surface area (TPSA) is 98.5 Å². The number of carboxylic acid groups (broad SMARTS) is 1. The Balaban J connectivity index is 2.46. The molecule has 1 fully saturated rings. The first kappa shape index (κ1) is 15.5. The van der Waals surface area contributed by atoms with Crippen LogP contribution in [0.3, 0.4) is 0 Å². The van der Waals surface area contributed by atoms with Crippen LogP contribution in [0.4, 0.5) is 0 Å². The minimum Gasteiger partial charge on any atom is -0.480 e. The number of piperidine rings is 1. The first-order valence-corrected chi connectivity index (χ1v) is 8.07. The zero-order valence-electron chi connectivity index (χ0n) is 11.6. The van der Waals surface area contributed by atoms with E-state index in [2.05, 4.69) is 0 Å². The number of nitriles is 1. The molecule has 1 N–H and O–H groups in total. The van der Waals surface area contributed by atoms with E-state index in [0.29, 0.717) is 30.4 Å². The van der Waals surface area contributed by atoms with E-state index >= 15 is 0 Å². The van der Waals surface area contributed by atoms with E-state index in [1.54, 1.807) is 6.92 Å². The van der Waals surface area contributed by atoms with Gasteiger partial charge in [-0.15, -0.1) is 0 Å². The van der Waals surface area contributed by atoms with Crippen LogP contribution in [0.5, 0.6) is 0 Å². The van der Waals surface area contributed by atoms with Crippen LogP contribution in [0.1, 0.15) is 30.4 Å². The maximum atomic E-state index is 12.7. The van der Waals surface area contributed by atoms with Crippen molar-refractivity contribution >= 4 is 16.0 Å². The zero-order valence-corrected chi connectivity index (χ0v) is 12.4. The van der Waals surface area contributed by atoms with Crippen molar-refractivity contribution < 1.29 is 18.3 Å². The number of hydrogen-bond donors (Lipinski definition) is 1. The van der Waals surface area contributed by atoms with Crippen molar-refractivity contribution in [3.8, 4) is 6.07 Å². The summed E-state index contributed by atoms with van der Waals surface area (Å²) in [5.74, 6) is -1.12. The fourth-order valence-corrected chi connectivity index (χ4v) is 4.43. The van der Waals surface area contributed by atoms with Gasteiger partial charge in [0.2, 0.25) is 10.0 Å². The Bertz CT molecular complexity index is 706. The standard InChI is InChI=1S/C14H16N2O4S/c1-10-8-11(9-15)5-6-13(10)21(19,20)16-7-3-2-4-12(16)14(17)18/h5-6,8,12H,2-4,7H2,1H3,(H,17,18)/t12-/m1/s1. The number of nitrogens with zero attached hydrogens (tertiary/aromatic N) is 2. The second-order valence-electron chi connectivity index (χ2n) is 5.06. The summed E-state index contributed by atoms with van der Waals surface area (Å²) < 4.78 is 26.5. The number of carbonyl (C=O) groups is 1. The van der Waals surface area contributed by atoms with Gasteiger partial charge in [0.25, 0.3) is 0 Å². The van der Waals surface area contributed by atoms with Gasteiger partial charge in [-0.1, -0.05) is 0 Å². The molecule has 0 unspecified atom stereocenters. The molecule has 0 aliphatic carbocycles. The van der Waals surface area contributed by atoms with Gasteiger partial charge in [-0.3, -0.25) is 4.79 Å². The van der Waals surface area contributed by atoms with Crippen molar-refractivity contribution in [1.29, 1.82) is 5.26 Å². The highest BCUT2D eigenvalue weighted by molar-refractivity contribution is 7.89. The minimum atomic E-state index is -3.87. The first-order chi connectivity index (χ1) is 9.87. The zero-order chi connectivity index (χ0) is 15.6. The molecule has 1 atom stereocenters. The molecule has 1 aromatic carbocycles. The molecule has 1 saturated heterocycles. The van der Waals surface area contributed by atoms with Gasteiger partial charge in [0, 0.05) is 6.54 Å².